The number of allylic oxidation sites excluding steroid dienone is 4. The second-order valence-corrected chi connectivity index (χ2v) is 14.2. The number of phenolic OH excluding ortho intramolecular Hbond substituents is 1. The molecule has 6 heteroatoms. The molecule has 6 atom stereocenters. The molecule has 0 unspecified atom stereocenters. The minimum absolute atomic E-state index is 0.0640. The highest BCUT2D eigenvalue weighted by molar-refractivity contribution is 6.31. The number of imide groups is 1. The molecule has 1 aliphatic heterocycles. The summed E-state index contributed by atoms with van der Waals surface area (Å²) < 4.78 is 0. The molecule has 0 aromatic heterocycles. The van der Waals surface area contributed by atoms with Crippen LogP contribution >= 0.6 is 0 Å². The van der Waals surface area contributed by atoms with Crippen LogP contribution in [0.1, 0.15) is 73.1 Å². The maximum atomic E-state index is 15.1. The molecule has 47 heavy (non-hydrogen) atoms. The van der Waals surface area contributed by atoms with Crippen molar-refractivity contribution in [2.24, 2.45) is 23.7 Å². The predicted octanol–water partition coefficient (Wildman–Crippen LogP) is 6.86. The Labute approximate surface area is 275 Å². The maximum absolute atomic E-state index is 15.1. The number of hydrogen-bond donors (Lipinski definition) is 1. The number of carbonyl (C=O) groups is 4. The molecule has 3 fully saturated rings. The van der Waals surface area contributed by atoms with E-state index in [2.05, 4.69) is 6.08 Å². The van der Waals surface area contributed by atoms with E-state index < -0.39 is 29.1 Å². The number of hydrogen-bond acceptors (Lipinski definition) is 5. The SMILES string of the molecule is Cc1cc([C@H]2C3=CC[C@@H]4C(=O)N(C5CCCCC5)C(=O)[C@@H]4[C@@H]3C[C@H]3C(=O)C(c4ccccc4)=CC(=O)[C@@]23c2ccccc2)ccc1O. The Morgan fingerprint density at radius 2 is 1.51 bits per heavy atom. The zero-order valence-corrected chi connectivity index (χ0v) is 26.6. The van der Waals surface area contributed by atoms with E-state index in [1.54, 1.807) is 17.0 Å². The lowest BCUT2D eigenvalue weighted by atomic mass is 9.44. The van der Waals surface area contributed by atoms with Gasteiger partial charge in [-0.05, 0) is 72.9 Å². The van der Waals surface area contributed by atoms with Gasteiger partial charge >= 0.3 is 0 Å². The summed E-state index contributed by atoms with van der Waals surface area (Å²) in [6.45, 7) is 1.83. The maximum Gasteiger partial charge on any atom is 0.233 e. The summed E-state index contributed by atoms with van der Waals surface area (Å²) in [5.41, 5.74) is 3.05. The van der Waals surface area contributed by atoms with Crippen LogP contribution in [0.2, 0.25) is 0 Å². The second kappa shape index (κ2) is 11.3. The van der Waals surface area contributed by atoms with Crippen LogP contribution < -0.4 is 0 Å². The van der Waals surface area contributed by atoms with Crippen molar-refractivity contribution < 1.29 is 24.3 Å². The van der Waals surface area contributed by atoms with Crippen LogP contribution in [0.15, 0.2) is 96.6 Å². The van der Waals surface area contributed by atoms with E-state index in [1.165, 1.54) is 0 Å². The van der Waals surface area contributed by atoms with Gasteiger partial charge in [0.05, 0.1) is 17.3 Å². The lowest BCUT2D eigenvalue weighted by molar-refractivity contribution is -0.144. The molecule has 1 heterocycles. The highest BCUT2D eigenvalue weighted by Gasteiger charge is 2.66. The lowest BCUT2D eigenvalue weighted by Gasteiger charge is -2.55. The van der Waals surface area contributed by atoms with E-state index >= 15 is 4.79 Å². The minimum atomic E-state index is -1.26. The van der Waals surface area contributed by atoms with E-state index in [9.17, 15) is 19.5 Å². The van der Waals surface area contributed by atoms with E-state index in [0.717, 1.165) is 48.8 Å². The van der Waals surface area contributed by atoms with Crippen molar-refractivity contribution in [2.45, 2.75) is 69.2 Å². The lowest BCUT2D eigenvalue weighted by Crippen LogP contribution is -2.58. The molecule has 2 saturated carbocycles. The summed E-state index contributed by atoms with van der Waals surface area (Å²) >= 11 is 0. The summed E-state index contributed by atoms with van der Waals surface area (Å²) in [5.74, 6) is -2.98. The van der Waals surface area contributed by atoms with Crippen LogP contribution in [0.25, 0.3) is 5.57 Å². The largest absolute Gasteiger partial charge is 0.508 e. The molecular formula is C41H39NO5. The van der Waals surface area contributed by atoms with Crippen molar-refractivity contribution in [3.05, 3.63) is 119 Å². The van der Waals surface area contributed by atoms with Gasteiger partial charge in [-0.15, -0.1) is 0 Å². The van der Waals surface area contributed by atoms with E-state index in [4.69, 9.17) is 0 Å². The van der Waals surface area contributed by atoms with Crippen molar-refractivity contribution in [2.75, 3.05) is 0 Å². The number of ketones is 2. The third-order valence-electron chi connectivity index (χ3n) is 11.9. The van der Waals surface area contributed by atoms with Crippen LogP contribution in [0.3, 0.4) is 0 Å². The first-order valence-corrected chi connectivity index (χ1v) is 17.1. The van der Waals surface area contributed by atoms with Crippen LogP contribution in [-0.2, 0) is 24.6 Å². The number of amides is 2. The highest BCUT2D eigenvalue weighted by atomic mass is 16.3. The number of Topliss-reactive ketones (excluding diaryl/α,β-unsaturated/α-hetero) is 1. The Morgan fingerprint density at radius 1 is 0.809 bits per heavy atom. The van der Waals surface area contributed by atoms with Gasteiger partial charge in [-0.1, -0.05) is 104 Å². The zero-order chi connectivity index (χ0) is 32.4. The van der Waals surface area contributed by atoms with Gasteiger partial charge in [0.15, 0.2) is 11.6 Å². The first kappa shape index (κ1) is 29.8. The first-order valence-electron chi connectivity index (χ1n) is 17.1. The van der Waals surface area contributed by atoms with Crippen LogP contribution in [0.5, 0.6) is 5.75 Å². The van der Waals surface area contributed by atoms with Gasteiger partial charge in [-0.3, -0.25) is 24.1 Å². The molecule has 0 radical (unpaired) electrons. The van der Waals surface area contributed by atoms with Gasteiger partial charge in [0, 0.05) is 23.5 Å². The predicted molar refractivity (Wildman–Crippen MR) is 178 cm³/mol. The number of fused-ring (bicyclic) bond motifs is 4. The highest BCUT2D eigenvalue weighted by Crippen LogP contribution is 2.64. The topological polar surface area (TPSA) is 91.8 Å². The summed E-state index contributed by atoms with van der Waals surface area (Å²) in [6.07, 6.45) is 9.23. The Morgan fingerprint density at radius 3 is 2.21 bits per heavy atom. The first-order chi connectivity index (χ1) is 22.8. The molecule has 3 aromatic carbocycles. The van der Waals surface area contributed by atoms with Crippen molar-refractivity contribution in [3.8, 4) is 5.75 Å². The van der Waals surface area contributed by atoms with E-state index in [0.29, 0.717) is 29.5 Å². The molecule has 238 valence electrons. The number of nitrogens with zero attached hydrogens (tertiary/aromatic N) is 1. The molecule has 2 amide bonds. The number of phenols is 1. The molecule has 6 nitrogen and oxygen atoms in total. The smallest absolute Gasteiger partial charge is 0.233 e. The Hall–Kier alpha value is -4.58. The molecule has 8 rings (SSSR count). The molecule has 0 bridgehead atoms. The average Bonchev–Trinajstić information content (AvgIpc) is 3.36. The van der Waals surface area contributed by atoms with E-state index in [-0.39, 0.29) is 41.1 Å². The number of likely N-dealkylation sites (tertiary alicyclic amines) is 1. The third-order valence-corrected chi connectivity index (χ3v) is 11.9. The molecule has 1 N–H and O–H groups in total. The van der Waals surface area contributed by atoms with Gasteiger partial charge in [0.1, 0.15) is 5.75 Å². The number of aryl methyl sites for hydroxylation is 1. The summed E-state index contributed by atoms with van der Waals surface area (Å²) in [7, 11) is 0. The second-order valence-electron chi connectivity index (χ2n) is 14.2. The fraction of sp³-hybridized carbons (Fsp3) is 0.366. The summed E-state index contributed by atoms with van der Waals surface area (Å²) in [4.78, 5) is 60.1. The van der Waals surface area contributed by atoms with Crippen LogP contribution in [0.4, 0.5) is 0 Å². The van der Waals surface area contributed by atoms with Crippen molar-refractivity contribution in [3.63, 3.8) is 0 Å². The Balaban J connectivity index is 1.35. The van der Waals surface area contributed by atoms with Crippen LogP contribution in [-0.4, -0.2) is 39.4 Å². The number of benzene rings is 3. The van der Waals surface area contributed by atoms with Gasteiger partial charge < -0.3 is 5.11 Å². The minimum Gasteiger partial charge on any atom is -0.508 e. The van der Waals surface area contributed by atoms with Gasteiger partial charge in [-0.25, -0.2) is 0 Å². The standard InChI is InChI=1S/C41H39NO5/c1-24-21-26(17-20-34(24)43)37-29-18-19-30-36(40(47)42(39(30)46)28-15-9-4-10-16-28)32(29)22-33-38(45)31(25-11-5-2-6-12-25)23-35(44)41(33,37)27-13-7-3-8-14-27/h2-3,5-8,11-14,17-18,20-21,23,28,30,32-33,36-37,43H,4,9-10,15-16,19,22H2,1H3/t30-,32+,33-,36-,37-,41-/m0/s1. The number of rotatable bonds is 4. The monoisotopic (exact) mass is 625 g/mol. The molecule has 5 aliphatic rings. The van der Waals surface area contributed by atoms with E-state index in [1.807, 2.05) is 79.7 Å². The molecule has 1 saturated heterocycles. The summed E-state index contributed by atoms with van der Waals surface area (Å²) in [6, 6.07) is 24.3. The normalized spacial score (nSPS) is 30.7. The molecule has 0 spiro atoms. The molecule has 4 aliphatic carbocycles. The fourth-order valence-corrected chi connectivity index (χ4v) is 9.83. The van der Waals surface area contributed by atoms with Crippen LogP contribution in [0, 0.1) is 30.6 Å². The van der Waals surface area contributed by atoms with Gasteiger partial charge in [-0.2, -0.15) is 0 Å². The van der Waals surface area contributed by atoms with Crippen molar-refractivity contribution >= 4 is 29.0 Å². The Bertz CT molecular complexity index is 1850. The third kappa shape index (κ3) is 4.37. The zero-order valence-electron chi connectivity index (χ0n) is 26.6. The van der Waals surface area contributed by atoms with Crippen molar-refractivity contribution in [1.29, 1.82) is 0 Å². The quantitative estimate of drug-likeness (QED) is 0.253. The number of aromatic hydroxyl groups is 1. The Kier molecular flexibility index (Phi) is 7.16. The molecular weight excluding hydrogens is 586 g/mol. The summed E-state index contributed by atoms with van der Waals surface area (Å²) in [5, 5.41) is 10.6. The van der Waals surface area contributed by atoms with Gasteiger partial charge in [0.2, 0.25) is 11.8 Å². The number of carbonyl (C=O) groups excluding carboxylic acids is 4. The average molecular weight is 626 g/mol. The molecule has 3 aromatic rings. The van der Waals surface area contributed by atoms with Gasteiger partial charge in [0.25, 0.3) is 0 Å². The fourth-order valence-electron chi connectivity index (χ4n) is 9.83. The van der Waals surface area contributed by atoms with Crippen molar-refractivity contribution in [1.82, 2.24) is 4.90 Å².